The van der Waals surface area contributed by atoms with E-state index in [1.807, 2.05) is 24.3 Å². The Labute approximate surface area is 184 Å². The lowest BCUT2D eigenvalue weighted by molar-refractivity contribution is 0.381. The van der Waals surface area contributed by atoms with Crippen LogP contribution < -0.4 is 0 Å². The number of aromatic amines is 1. The van der Waals surface area contributed by atoms with Crippen molar-refractivity contribution in [1.29, 1.82) is 0 Å². The van der Waals surface area contributed by atoms with E-state index < -0.39 is 10.0 Å². The molecule has 0 aliphatic carbocycles. The summed E-state index contributed by atoms with van der Waals surface area (Å²) in [6, 6.07) is 13.4. The van der Waals surface area contributed by atoms with Crippen LogP contribution in [0.4, 0.5) is 0 Å². The number of nitrogens with zero attached hydrogens (tertiary/aromatic N) is 5. The fourth-order valence-corrected chi connectivity index (χ4v) is 4.65. The molecule has 0 bridgehead atoms. The van der Waals surface area contributed by atoms with Crippen LogP contribution >= 0.6 is 11.6 Å². The van der Waals surface area contributed by atoms with Gasteiger partial charge in [-0.05, 0) is 48.9 Å². The topological polar surface area (TPSA) is 118 Å². The highest BCUT2D eigenvalue weighted by atomic mass is 35.5. The van der Waals surface area contributed by atoms with Gasteiger partial charge in [0, 0.05) is 29.2 Å². The summed E-state index contributed by atoms with van der Waals surface area (Å²) in [4.78, 5) is 0.159. The van der Waals surface area contributed by atoms with Crippen LogP contribution in [0.1, 0.15) is 22.6 Å². The molecule has 0 fully saturated rings. The van der Waals surface area contributed by atoms with Crippen LogP contribution in [0.15, 0.2) is 57.9 Å². The molecule has 160 valence electrons. The second-order valence-corrected chi connectivity index (χ2v) is 9.34. The lowest BCUT2D eigenvalue weighted by Gasteiger charge is -2.22. The smallest absolute Gasteiger partial charge is 0.243 e. The Hall–Kier alpha value is -3.08. The number of benzene rings is 2. The Morgan fingerprint density at radius 1 is 1.03 bits per heavy atom. The summed E-state index contributed by atoms with van der Waals surface area (Å²) in [5.74, 6) is 1.05. The van der Waals surface area contributed by atoms with Gasteiger partial charge in [-0.1, -0.05) is 41.0 Å². The number of nitrogens with one attached hydrogen (secondary N) is 1. The number of rotatable bonds is 7. The molecule has 2 aromatic carbocycles. The Morgan fingerprint density at radius 2 is 1.74 bits per heavy atom. The summed E-state index contributed by atoms with van der Waals surface area (Å²) in [5, 5.41) is 18.3. The van der Waals surface area contributed by atoms with E-state index in [0.29, 0.717) is 22.3 Å². The molecule has 0 amide bonds. The van der Waals surface area contributed by atoms with Crippen molar-refractivity contribution in [2.24, 2.45) is 0 Å². The van der Waals surface area contributed by atoms with Crippen molar-refractivity contribution < 1.29 is 12.9 Å². The maximum Gasteiger partial charge on any atom is 0.243 e. The van der Waals surface area contributed by atoms with Crippen molar-refractivity contribution >= 4 is 21.6 Å². The van der Waals surface area contributed by atoms with Gasteiger partial charge in [-0.15, -0.1) is 10.2 Å². The van der Waals surface area contributed by atoms with Crippen molar-refractivity contribution in [1.82, 2.24) is 30.1 Å². The van der Waals surface area contributed by atoms with Gasteiger partial charge in [-0.3, -0.25) is 0 Å². The number of hydrogen-bond acceptors (Lipinski definition) is 7. The minimum absolute atomic E-state index is 0.124. The van der Waals surface area contributed by atoms with Gasteiger partial charge in [0.05, 0.1) is 10.6 Å². The maximum atomic E-state index is 13.4. The van der Waals surface area contributed by atoms with Crippen LogP contribution in [0.5, 0.6) is 0 Å². The van der Waals surface area contributed by atoms with Gasteiger partial charge in [-0.25, -0.2) is 8.42 Å². The van der Waals surface area contributed by atoms with Gasteiger partial charge >= 0.3 is 0 Å². The molecule has 0 unspecified atom stereocenters. The normalized spacial score (nSPS) is 11.9. The van der Waals surface area contributed by atoms with Crippen LogP contribution in [0.2, 0.25) is 5.02 Å². The van der Waals surface area contributed by atoms with E-state index in [1.165, 1.54) is 16.4 Å². The monoisotopic (exact) mass is 458 g/mol. The molecule has 0 saturated heterocycles. The van der Waals surface area contributed by atoms with Crippen LogP contribution in [0.25, 0.3) is 11.4 Å². The first-order chi connectivity index (χ1) is 14.8. The van der Waals surface area contributed by atoms with E-state index in [9.17, 15) is 8.42 Å². The summed E-state index contributed by atoms with van der Waals surface area (Å²) in [6.07, 6.45) is 0. The Kier molecular flexibility index (Phi) is 5.86. The molecule has 0 atom stereocenters. The third kappa shape index (κ3) is 4.50. The predicted molar refractivity (Wildman–Crippen MR) is 113 cm³/mol. The first kappa shape index (κ1) is 21.2. The van der Waals surface area contributed by atoms with E-state index in [4.69, 9.17) is 16.1 Å². The zero-order chi connectivity index (χ0) is 22.0. The first-order valence-electron chi connectivity index (χ1n) is 9.35. The molecule has 0 aliphatic heterocycles. The molecule has 0 radical (unpaired) electrons. The lowest BCUT2D eigenvalue weighted by Crippen LogP contribution is -2.30. The highest BCUT2D eigenvalue weighted by Gasteiger charge is 2.27. The fraction of sp³-hybridized carbons (Fsp3) is 0.200. The number of halogens is 1. The van der Waals surface area contributed by atoms with Crippen LogP contribution in [0.3, 0.4) is 0 Å². The Morgan fingerprint density at radius 3 is 2.32 bits per heavy atom. The largest absolute Gasteiger partial charge is 0.361 e. The van der Waals surface area contributed by atoms with Crippen LogP contribution in [-0.2, 0) is 23.1 Å². The average Bonchev–Trinajstić information content (AvgIpc) is 3.40. The van der Waals surface area contributed by atoms with Crippen molar-refractivity contribution in [3.05, 3.63) is 76.1 Å². The summed E-state index contributed by atoms with van der Waals surface area (Å²) in [7, 11) is -3.81. The minimum atomic E-state index is -3.81. The highest BCUT2D eigenvalue weighted by Crippen LogP contribution is 2.25. The second-order valence-electron chi connectivity index (χ2n) is 6.96. The van der Waals surface area contributed by atoms with E-state index >= 15 is 0 Å². The van der Waals surface area contributed by atoms with Gasteiger partial charge in [0.25, 0.3) is 0 Å². The molecule has 2 aromatic heterocycles. The van der Waals surface area contributed by atoms with Gasteiger partial charge in [0.2, 0.25) is 15.8 Å². The molecule has 0 saturated carbocycles. The lowest BCUT2D eigenvalue weighted by atomic mass is 10.1. The summed E-state index contributed by atoms with van der Waals surface area (Å²) < 4.78 is 33.5. The number of hydrogen-bond donors (Lipinski definition) is 1. The van der Waals surface area contributed by atoms with E-state index in [-0.39, 0.29) is 18.0 Å². The summed E-state index contributed by atoms with van der Waals surface area (Å²) in [6.45, 7) is 3.83. The molecule has 4 aromatic rings. The molecular formula is C20H19ClN6O3S. The minimum Gasteiger partial charge on any atom is -0.361 e. The zero-order valence-corrected chi connectivity index (χ0v) is 18.4. The summed E-state index contributed by atoms with van der Waals surface area (Å²) >= 11 is 5.94. The predicted octanol–water partition coefficient (Wildman–Crippen LogP) is 3.52. The van der Waals surface area contributed by atoms with Crippen LogP contribution in [0, 0.1) is 13.8 Å². The Balaban J connectivity index is 1.67. The number of tetrazole rings is 1. The first-order valence-corrected chi connectivity index (χ1v) is 11.2. The van der Waals surface area contributed by atoms with E-state index in [1.54, 1.807) is 26.0 Å². The highest BCUT2D eigenvalue weighted by molar-refractivity contribution is 7.89. The van der Waals surface area contributed by atoms with Crippen molar-refractivity contribution in [2.45, 2.75) is 31.8 Å². The Bertz CT molecular complexity index is 1250. The number of aryl methyl sites for hydroxylation is 2. The second kappa shape index (κ2) is 8.58. The molecule has 2 heterocycles. The number of aromatic nitrogens is 5. The van der Waals surface area contributed by atoms with Crippen molar-refractivity contribution in [2.75, 3.05) is 0 Å². The third-order valence-corrected chi connectivity index (χ3v) is 6.94. The fourth-order valence-electron chi connectivity index (χ4n) is 3.13. The van der Waals surface area contributed by atoms with Crippen LogP contribution in [-0.4, -0.2) is 38.5 Å². The zero-order valence-electron chi connectivity index (χ0n) is 16.8. The molecule has 9 nitrogen and oxygen atoms in total. The molecule has 4 rings (SSSR count). The molecule has 0 aliphatic rings. The molecule has 0 spiro atoms. The van der Waals surface area contributed by atoms with Crippen molar-refractivity contribution in [3.63, 3.8) is 0 Å². The van der Waals surface area contributed by atoms with E-state index in [2.05, 4.69) is 25.8 Å². The SMILES string of the molecule is Cc1noc(C)c1CN(Cc1ccc(-c2nn[nH]n2)cc1)S(=O)(=O)c1ccc(Cl)cc1. The molecule has 11 heteroatoms. The summed E-state index contributed by atoms with van der Waals surface area (Å²) in [5.41, 5.74) is 2.97. The quantitative estimate of drug-likeness (QED) is 0.450. The third-order valence-electron chi connectivity index (χ3n) is 4.88. The number of H-pyrrole nitrogens is 1. The van der Waals surface area contributed by atoms with Gasteiger partial charge < -0.3 is 4.52 Å². The van der Waals surface area contributed by atoms with Gasteiger partial charge in [0.15, 0.2) is 0 Å². The van der Waals surface area contributed by atoms with Crippen molar-refractivity contribution in [3.8, 4) is 11.4 Å². The maximum absolute atomic E-state index is 13.4. The molecule has 1 N–H and O–H groups in total. The molecule has 31 heavy (non-hydrogen) atoms. The average molecular weight is 459 g/mol. The van der Waals surface area contributed by atoms with E-state index in [0.717, 1.165) is 16.7 Å². The molecular weight excluding hydrogens is 440 g/mol. The van der Waals surface area contributed by atoms with Gasteiger partial charge in [0.1, 0.15) is 5.76 Å². The van der Waals surface area contributed by atoms with Gasteiger partial charge in [-0.2, -0.15) is 9.52 Å². The standard InChI is InChI=1S/C20H19ClN6O3S/c1-13-19(14(2)30-24-13)12-27(31(28,29)18-9-7-17(21)8-10-18)11-15-3-5-16(6-4-15)20-22-25-26-23-20/h3-10H,11-12H2,1-2H3,(H,22,23,25,26). The number of sulfonamides is 1.